The van der Waals surface area contributed by atoms with Gasteiger partial charge in [0.2, 0.25) is 0 Å². The van der Waals surface area contributed by atoms with Crippen LogP contribution in [0.2, 0.25) is 5.02 Å². The molecule has 0 fully saturated rings. The van der Waals surface area contributed by atoms with Gasteiger partial charge >= 0.3 is 12.1 Å². The molecule has 3 aromatic rings. The lowest BCUT2D eigenvalue weighted by atomic mass is 9.94. The van der Waals surface area contributed by atoms with Crippen LogP contribution in [0.4, 0.5) is 13.2 Å². The number of amides is 1. The molecule has 0 heterocycles. The summed E-state index contributed by atoms with van der Waals surface area (Å²) < 4.78 is 38.5. The summed E-state index contributed by atoms with van der Waals surface area (Å²) in [6.07, 6.45) is -4.15. The van der Waals surface area contributed by atoms with Gasteiger partial charge < -0.3 is 10.4 Å². The minimum absolute atomic E-state index is 0.154. The standard InChI is InChI=1S/C24H17ClF3NO3/c25-20-10-7-15(11-19(20)14-5-8-18(9-6-14)24(26,27)28)21(30)29-23(22(31)32)12-16-3-1-2-4-17(16)13-23/h1-11H,12-13H2,(H,29,30)(H,31,32). The van der Waals surface area contributed by atoms with E-state index in [1.165, 1.54) is 30.3 Å². The van der Waals surface area contributed by atoms with E-state index in [1.807, 2.05) is 24.3 Å². The number of carboxylic acid groups (broad SMARTS) is 1. The number of fused-ring (bicyclic) bond motifs is 1. The Labute approximate surface area is 186 Å². The number of aliphatic carboxylic acids is 1. The minimum Gasteiger partial charge on any atom is -0.479 e. The van der Waals surface area contributed by atoms with Crippen LogP contribution in [-0.2, 0) is 23.8 Å². The Morgan fingerprint density at radius 2 is 1.53 bits per heavy atom. The molecule has 1 aliphatic rings. The van der Waals surface area contributed by atoms with E-state index in [0.29, 0.717) is 11.1 Å². The summed E-state index contributed by atoms with van der Waals surface area (Å²) in [5, 5.41) is 12.8. The second-order valence-electron chi connectivity index (χ2n) is 7.73. The van der Waals surface area contributed by atoms with Gasteiger partial charge in [0.1, 0.15) is 5.54 Å². The van der Waals surface area contributed by atoms with Crippen molar-refractivity contribution in [3.05, 3.63) is 94.0 Å². The molecule has 4 rings (SSSR count). The number of hydrogen-bond donors (Lipinski definition) is 2. The van der Waals surface area contributed by atoms with E-state index < -0.39 is 29.2 Å². The highest BCUT2D eigenvalue weighted by Gasteiger charge is 2.45. The molecule has 0 saturated heterocycles. The van der Waals surface area contributed by atoms with E-state index >= 15 is 0 Å². The number of hydrogen-bond acceptors (Lipinski definition) is 2. The summed E-state index contributed by atoms with van der Waals surface area (Å²) in [6.45, 7) is 0. The topological polar surface area (TPSA) is 66.4 Å². The van der Waals surface area contributed by atoms with E-state index in [4.69, 9.17) is 11.6 Å². The molecule has 0 radical (unpaired) electrons. The second kappa shape index (κ2) is 7.98. The number of rotatable bonds is 4. The van der Waals surface area contributed by atoms with Crippen LogP contribution in [0.5, 0.6) is 0 Å². The Morgan fingerprint density at radius 3 is 2.06 bits per heavy atom. The van der Waals surface area contributed by atoms with Crippen LogP contribution in [0.1, 0.15) is 27.0 Å². The Morgan fingerprint density at radius 1 is 0.938 bits per heavy atom. The lowest BCUT2D eigenvalue weighted by molar-refractivity contribution is -0.144. The molecule has 1 aliphatic carbocycles. The van der Waals surface area contributed by atoms with Gasteiger partial charge in [0.05, 0.1) is 5.56 Å². The zero-order valence-corrected chi connectivity index (χ0v) is 17.3. The fraction of sp³-hybridized carbons (Fsp3) is 0.167. The molecule has 0 aromatic heterocycles. The molecule has 0 saturated carbocycles. The lowest BCUT2D eigenvalue weighted by Gasteiger charge is -2.25. The summed E-state index contributed by atoms with van der Waals surface area (Å²) in [7, 11) is 0. The average Bonchev–Trinajstić information content (AvgIpc) is 3.13. The number of alkyl halides is 3. The number of nitrogens with one attached hydrogen (secondary N) is 1. The summed E-state index contributed by atoms with van der Waals surface area (Å²) in [5.41, 5.74) is 0.366. The third-order valence-electron chi connectivity index (χ3n) is 5.62. The van der Waals surface area contributed by atoms with Gasteiger partial charge in [-0.25, -0.2) is 4.79 Å². The molecule has 4 nitrogen and oxygen atoms in total. The van der Waals surface area contributed by atoms with Gasteiger partial charge in [0, 0.05) is 29.0 Å². The predicted molar refractivity (Wildman–Crippen MR) is 114 cm³/mol. The molecule has 2 N–H and O–H groups in total. The van der Waals surface area contributed by atoms with Crippen LogP contribution in [-0.4, -0.2) is 22.5 Å². The predicted octanol–water partition coefficient (Wildman–Crippen LogP) is 5.38. The first-order valence-corrected chi connectivity index (χ1v) is 10.1. The SMILES string of the molecule is O=C(NC1(C(=O)O)Cc2ccccc2C1)c1ccc(Cl)c(-c2ccc(C(F)(F)F)cc2)c1. The maximum atomic E-state index is 13.0. The lowest BCUT2D eigenvalue weighted by Crippen LogP contribution is -2.55. The normalized spacial score (nSPS) is 14.6. The highest BCUT2D eigenvalue weighted by molar-refractivity contribution is 6.33. The number of benzene rings is 3. The van der Waals surface area contributed by atoms with Crippen molar-refractivity contribution in [3.8, 4) is 11.1 Å². The average molecular weight is 460 g/mol. The highest BCUT2D eigenvalue weighted by Crippen LogP contribution is 2.34. The molecule has 0 unspecified atom stereocenters. The smallest absolute Gasteiger partial charge is 0.416 e. The zero-order valence-electron chi connectivity index (χ0n) is 16.5. The first kappa shape index (κ1) is 21.9. The van der Waals surface area contributed by atoms with Crippen LogP contribution >= 0.6 is 11.6 Å². The van der Waals surface area contributed by atoms with E-state index in [-0.39, 0.29) is 23.4 Å². The Kier molecular flexibility index (Phi) is 5.46. The van der Waals surface area contributed by atoms with Crippen molar-refractivity contribution in [2.75, 3.05) is 0 Å². The van der Waals surface area contributed by atoms with Crippen LogP contribution in [0.3, 0.4) is 0 Å². The van der Waals surface area contributed by atoms with Crippen LogP contribution in [0, 0.1) is 0 Å². The van der Waals surface area contributed by atoms with Gasteiger partial charge in [-0.3, -0.25) is 4.79 Å². The third-order valence-corrected chi connectivity index (χ3v) is 5.95. The molecule has 164 valence electrons. The molecule has 0 aliphatic heterocycles. The molecule has 32 heavy (non-hydrogen) atoms. The first-order valence-electron chi connectivity index (χ1n) is 9.69. The van der Waals surface area contributed by atoms with E-state index in [1.54, 1.807) is 0 Å². The molecular weight excluding hydrogens is 443 g/mol. The molecule has 1 amide bonds. The largest absolute Gasteiger partial charge is 0.479 e. The van der Waals surface area contributed by atoms with Crippen molar-refractivity contribution in [2.45, 2.75) is 24.6 Å². The Balaban J connectivity index is 1.62. The van der Waals surface area contributed by atoms with E-state index in [2.05, 4.69) is 5.32 Å². The van der Waals surface area contributed by atoms with Gasteiger partial charge in [-0.05, 0) is 47.0 Å². The van der Waals surface area contributed by atoms with Gasteiger partial charge in [0.15, 0.2) is 0 Å². The molecule has 3 aromatic carbocycles. The Bertz CT molecular complexity index is 1180. The van der Waals surface area contributed by atoms with Crippen molar-refractivity contribution < 1.29 is 27.9 Å². The van der Waals surface area contributed by atoms with E-state index in [0.717, 1.165) is 23.3 Å². The van der Waals surface area contributed by atoms with Gasteiger partial charge in [-0.15, -0.1) is 0 Å². The summed E-state index contributed by atoms with van der Waals surface area (Å²) in [6, 6.07) is 16.1. The summed E-state index contributed by atoms with van der Waals surface area (Å²) >= 11 is 6.23. The maximum absolute atomic E-state index is 13.0. The molecule has 0 bridgehead atoms. The van der Waals surface area contributed by atoms with Crippen molar-refractivity contribution in [1.29, 1.82) is 0 Å². The molecule has 8 heteroatoms. The Hall–Kier alpha value is -3.32. The number of halogens is 4. The molecular formula is C24H17ClF3NO3. The first-order chi connectivity index (χ1) is 15.1. The van der Waals surface area contributed by atoms with E-state index in [9.17, 15) is 27.9 Å². The molecule has 0 spiro atoms. The monoisotopic (exact) mass is 459 g/mol. The third kappa shape index (κ3) is 4.08. The van der Waals surface area contributed by atoms with Gasteiger partial charge in [-0.2, -0.15) is 13.2 Å². The fourth-order valence-corrected chi connectivity index (χ4v) is 4.15. The van der Waals surface area contributed by atoms with Gasteiger partial charge in [-0.1, -0.05) is 48.0 Å². The number of carboxylic acids is 1. The van der Waals surface area contributed by atoms with Crippen molar-refractivity contribution in [1.82, 2.24) is 5.32 Å². The van der Waals surface area contributed by atoms with Crippen LogP contribution in [0.25, 0.3) is 11.1 Å². The van der Waals surface area contributed by atoms with Crippen molar-refractivity contribution >= 4 is 23.5 Å². The fourth-order valence-electron chi connectivity index (χ4n) is 3.92. The summed E-state index contributed by atoms with van der Waals surface area (Å²) in [5.74, 6) is -1.75. The van der Waals surface area contributed by atoms with Crippen molar-refractivity contribution in [3.63, 3.8) is 0 Å². The number of carbonyl (C=O) groups excluding carboxylic acids is 1. The number of carbonyl (C=O) groups is 2. The summed E-state index contributed by atoms with van der Waals surface area (Å²) in [4.78, 5) is 25.1. The zero-order chi connectivity index (χ0) is 23.1. The van der Waals surface area contributed by atoms with Crippen molar-refractivity contribution in [2.24, 2.45) is 0 Å². The second-order valence-corrected chi connectivity index (χ2v) is 8.14. The van der Waals surface area contributed by atoms with Gasteiger partial charge in [0.25, 0.3) is 5.91 Å². The maximum Gasteiger partial charge on any atom is 0.416 e. The quantitative estimate of drug-likeness (QED) is 0.550. The molecule has 0 atom stereocenters. The van der Waals surface area contributed by atoms with Crippen LogP contribution < -0.4 is 5.32 Å². The minimum atomic E-state index is -4.46. The van der Waals surface area contributed by atoms with Crippen LogP contribution in [0.15, 0.2) is 66.7 Å². The highest BCUT2D eigenvalue weighted by atomic mass is 35.5.